The van der Waals surface area contributed by atoms with Crippen molar-refractivity contribution in [2.75, 3.05) is 10.6 Å². The second kappa shape index (κ2) is 8.79. The molecule has 0 aliphatic rings. The van der Waals surface area contributed by atoms with Crippen molar-refractivity contribution in [2.45, 2.75) is 19.8 Å². The lowest BCUT2D eigenvalue weighted by Gasteiger charge is -2.10. The molecule has 0 spiro atoms. The van der Waals surface area contributed by atoms with E-state index >= 15 is 0 Å². The number of aromatic nitrogens is 1. The third-order valence-electron chi connectivity index (χ3n) is 3.53. The van der Waals surface area contributed by atoms with Crippen molar-refractivity contribution in [1.29, 1.82) is 5.41 Å². The Kier molecular flexibility index (Phi) is 6.48. The second-order valence-electron chi connectivity index (χ2n) is 5.67. The fourth-order valence-electron chi connectivity index (χ4n) is 2.16. The van der Waals surface area contributed by atoms with E-state index < -0.39 is 29.0 Å². The monoisotopic (exact) mass is 372 g/mol. The van der Waals surface area contributed by atoms with Crippen molar-refractivity contribution in [3.8, 4) is 0 Å². The molecular formula is C19H18F2N4O2. The van der Waals surface area contributed by atoms with Gasteiger partial charge in [0.15, 0.2) is 0 Å². The summed E-state index contributed by atoms with van der Waals surface area (Å²) in [6, 6.07) is 6.11. The molecule has 1 aromatic heterocycles. The largest absolute Gasteiger partial charge is 0.324 e. The molecule has 140 valence electrons. The molecule has 1 aromatic carbocycles. The van der Waals surface area contributed by atoms with Gasteiger partial charge in [-0.2, -0.15) is 0 Å². The van der Waals surface area contributed by atoms with Crippen LogP contribution in [0.25, 0.3) is 0 Å². The molecule has 0 bridgehead atoms. The highest BCUT2D eigenvalue weighted by Crippen LogP contribution is 2.21. The van der Waals surface area contributed by atoms with E-state index in [9.17, 15) is 18.4 Å². The summed E-state index contributed by atoms with van der Waals surface area (Å²) in [6.45, 7) is 5.02. The molecule has 0 saturated carbocycles. The zero-order valence-electron chi connectivity index (χ0n) is 14.6. The van der Waals surface area contributed by atoms with Crippen LogP contribution in [0.4, 0.5) is 20.3 Å². The Morgan fingerprint density at radius 2 is 1.96 bits per heavy atom. The third-order valence-corrected chi connectivity index (χ3v) is 3.53. The van der Waals surface area contributed by atoms with Gasteiger partial charge in [0.1, 0.15) is 17.5 Å². The maximum absolute atomic E-state index is 14.0. The SMILES string of the molecule is C=CCCC(=O)Nc1cc(C(=O)Nc2cccc(C(C)=N)n2)c(F)cc1F. The summed E-state index contributed by atoms with van der Waals surface area (Å²) in [5.74, 6) is -3.29. The number of anilines is 2. The number of amides is 2. The standard InChI is InChI=1S/C19H18F2N4O2/c1-3-4-8-18(26)24-16-9-12(13(20)10-14(16)21)19(27)25-17-7-5-6-15(23-17)11(2)22/h3,5-7,9-10,22H,1,4,8H2,2H3,(H,24,26)(H,23,25,27). The third kappa shape index (κ3) is 5.27. The summed E-state index contributed by atoms with van der Waals surface area (Å²) < 4.78 is 28.0. The van der Waals surface area contributed by atoms with Crippen LogP contribution in [0, 0.1) is 17.0 Å². The first-order valence-corrected chi connectivity index (χ1v) is 8.05. The number of allylic oxidation sites excluding steroid dienone is 1. The Labute approximate surface area is 154 Å². The zero-order chi connectivity index (χ0) is 20.0. The molecule has 8 heteroatoms. The van der Waals surface area contributed by atoms with Gasteiger partial charge in [0.25, 0.3) is 5.91 Å². The van der Waals surface area contributed by atoms with Gasteiger partial charge >= 0.3 is 0 Å². The molecule has 0 aliphatic heterocycles. The lowest BCUT2D eigenvalue weighted by molar-refractivity contribution is -0.116. The van der Waals surface area contributed by atoms with E-state index in [1.807, 2.05) is 0 Å². The van der Waals surface area contributed by atoms with Crippen molar-refractivity contribution in [3.05, 3.63) is 65.9 Å². The minimum atomic E-state index is -1.08. The minimum Gasteiger partial charge on any atom is -0.324 e. The fraction of sp³-hybridized carbons (Fsp3) is 0.158. The molecule has 0 radical (unpaired) electrons. The topological polar surface area (TPSA) is 94.9 Å². The number of hydrogen-bond donors (Lipinski definition) is 3. The maximum atomic E-state index is 14.0. The molecule has 2 rings (SSSR count). The van der Waals surface area contributed by atoms with Crippen molar-refractivity contribution >= 4 is 29.0 Å². The van der Waals surface area contributed by atoms with Gasteiger partial charge in [0.2, 0.25) is 5.91 Å². The Morgan fingerprint density at radius 1 is 1.22 bits per heavy atom. The van der Waals surface area contributed by atoms with E-state index in [4.69, 9.17) is 5.41 Å². The number of rotatable bonds is 7. The fourth-order valence-corrected chi connectivity index (χ4v) is 2.16. The van der Waals surface area contributed by atoms with Gasteiger partial charge in [-0.3, -0.25) is 9.59 Å². The van der Waals surface area contributed by atoms with Crippen LogP contribution in [0.2, 0.25) is 0 Å². The highest BCUT2D eigenvalue weighted by atomic mass is 19.1. The van der Waals surface area contributed by atoms with E-state index in [1.165, 1.54) is 19.1 Å². The van der Waals surface area contributed by atoms with E-state index in [2.05, 4.69) is 22.2 Å². The van der Waals surface area contributed by atoms with Gasteiger partial charge in [-0.25, -0.2) is 13.8 Å². The summed E-state index contributed by atoms with van der Waals surface area (Å²) in [6.07, 6.45) is 2.02. The predicted octanol–water partition coefficient (Wildman–Crippen LogP) is 3.90. The number of halogens is 2. The molecule has 0 fully saturated rings. The summed E-state index contributed by atoms with van der Waals surface area (Å²) in [7, 11) is 0. The van der Waals surface area contributed by atoms with Crippen LogP contribution in [0.3, 0.4) is 0 Å². The predicted molar refractivity (Wildman–Crippen MR) is 99.1 cm³/mol. The summed E-state index contributed by atoms with van der Waals surface area (Å²) in [5.41, 5.74) is -0.201. The van der Waals surface area contributed by atoms with Gasteiger partial charge < -0.3 is 16.0 Å². The molecule has 0 unspecified atom stereocenters. The zero-order valence-corrected chi connectivity index (χ0v) is 14.6. The normalized spacial score (nSPS) is 10.2. The smallest absolute Gasteiger partial charge is 0.259 e. The maximum Gasteiger partial charge on any atom is 0.259 e. The van der Waals surface area contributed by atoms with Gasteiger partial charge in [-0.15, -0.1) is 6.58 Å². The molecule has 2 aromatic rings. The van der Waals surface area contributed by atoms with Gasteiger partial charge in [-0.1, -0.05) is 12.1 Å². The van der Waals surface area contributed by atoms with E-state index in [1.54, 1.807) is 12.1 Å². The average Bonchev–Trinajstić information content (AvgIpc) is 2.62. The Balaban J connectivity index is 2.24. The lowest BCUT2D eigenvalue weighted by atomic mass is 10.1. The van der Waals surface area contributed by atoms with Crippen LogP contribution < -0.4 is 10.6 Å². The number of carbonyl (C=O) groups is 2. The number of nitrogens with one attached hydrogen (secondary N) is 3. The molecule has 6 nitrogen and oxygen atoms in total. The van der Waals surface area contributed by atoms with Crippen LogP contribution >= 0.6 is 0 Å². The molecule has 1 heterocycles. The van der Waals surface area contributed by atoms with Gasteiger partial charge in [-0.05, 0) is 31.5 Å². The van der Waals surface area contributed by atoms with Crippen LogP contribution in [0.5, 0.6) is 0 Å². The number of hydrogen-bond acceptors (Lipinski definition) is 4. The van der Waals surface area contributed by atoms with Crippen molar-refractivity contribution in [2.24, 2.45) is 0 Å². The summed E-state index contributed by atoms with van der Waals surface area (Å²) in [4.78, 5) is 28.1. The van der Waals surface area contributed by atoms with Crippen LogP contribution in [0.15, 0.2) is 43.0 Å². The van der Waals surface area contributed by atoms with Crippen LogP contribution in [-0.2, 0) is 4.79 Å². The van der Waals surface area contributed by atoms with E-state index in [-0.39, 0.29) is 23.6 Å². The number of benzene rings is 1. The molecular weight excluding hydrogens is 354 g/mol. The lowest BCUT2D eigenvalue weighted by Crippen LogP contribution is -2.18. The molecule has 27 heavy (non-hydrogen) atoms. The number of carbonyl (C=O) groups excluding carboxylic acids is 2. The van der Waals surface area contributed by atoms with Crippen LogP contribution in [-0.4, -0.2) is 22.5 Å². The van der Waals surface area contributed by atoms with E-state index in [0.717, 1.165) is 6.07 Å². The van der Waals surface area contributed by atoms with Crippen molar-refractivity contribution in [3.63, 3.8) is 0 Å². The highest BCUT2D eigenvalue weighted by molar-refractivity contribution is 6.05. The van der Waals surface area contributed by atoms with E-state index in [0.29, 0.717) is 18.2 Å². The summed E-state index contributed by atoms with van der Waals surface area (Å²) >= 11 is 0. The first-order valence-electron chi connectivity index (χ1n) is 8.05. The minimum absolute atomic E-state index is 0.0849. The number of pyridine rings is 1. The molecule has 3 N–H and O–H groups in total. The molecule has 0 aliphatic carbocycles. The van der Waals surface area contributed by atoms with Gasteiger partial charge in [0.05, 0.1) is 22.7 Å². The highest BCUT2D eigenvalue weighted by Gasteiger charge is 2.18. The Bertz CT molecular complexity index is 913. The second-order valence-corrected chi connectivity index (χ2v) is 5.67. The first kappa shape index (κ1) is 19.9. The Hall–Kier alpha value is -3.42. The van der Waals surface area contributed by atoms with Gasteiger partial charge in [0, 0.05) is 12.5 Å². The Morgan fingerprint density at radius 3 is 2.63 bits per heavy atom. The van der Waals surface area contributed by atoms with Crippen molar-refractivity contribution < 1.29 is 18.4 Å². The molecule has 2 amide bonds. The molecule has 0 saturated heterocycles. The average molecular weight is 372 g/mol. The first-order chi connectivity index (χ1) is 12.8. The number of nitrogens with zero attached hydrogens (tertiary/aromatic N) is 1. The molecule has 0 atom stereocenters. The summed E-state index contributed by atoms with van der Waals surface area (Å²) in [5, 5.41) is 12.3. The quantitative estimate of drug-likeness (QED) is 0.508. The van der Waals surface area contributed by atoms with Crippen molar-refractivity contribution in [1.82, 2.24) is 4.98 Å². The van der Waals surface area contributed by atoms with Crippen LogP contribution in [0.1, 0.15) is 35.8 Å².